The summed E-state index contributed by atoms with van der Waals surface area (Å²) < 4.78 is 27.7. The molecular weight excluding hydrogens is 581 g/mol. The van der Waals surface area contributed by atoms with Gasteiger partial charge in [-0.15, -0.1) is 11.3 Å². The SMILES string of the molecule is CC(C)(C)OC(=O)N[C@@H]1CCCN(C(=O)c2cc(-c3ccc(C#N)c(F)c3)c(-c3ccc4nn(C5CCOC5)cc4c3)s2)C1. The molecule has 0 spiro atoms. The minimum absolute atomic E-state index is 0.0385. The van der Waals surface area contributed by atoms with Crippen molar-refractivity contribution in [1.29, 1.82) is 5.26 Å². The number of hydrogen-bond donors (Lipinski definition) is 1. The first-order valence-corrected chi connectivity index (χ1v) is 15.6. The van der Waals surface area contributed by atoms with E-state index in [9.17, 15) is 19.2 Å². The van der Waals surface area contributed by atoms with E-state index in [-0.39, 0.29) is 23.6 Å². The van der Waals surface area contributed by atoms with Gasteiger partial charge in [-0.2, -0.15) is 10.4 Å². The fourth-order valence-corrected chi connectivity index (χ4v) is 6.86. The van der Waals surface area contributed by atoms with E-state index in [1.807, 2.05) is 55.9 Å². The Labute approximate surface area is 259 Å². The standard InChI is InChI=1S/C33H34FN5O4S/c1-33(2,3)43-32(41)36-24-5-4-11-38(18-24)31(40)29-15-26(20-6-7-22(16-35)27(34)14-20)30(44-29)21-8-9-28-23(13-21)17-39(37-28)25-10-12-42-19-25/h6-9,13-15,17,24-25H,4-5,10-12,18-19H2,1-3H3,(H,36,41)/t24-,25?/m1/s1. The molecule has 11 heteroatoms. The summed E-state index contributed by atoms with van der Waals surface area (Å²) in [5, 5.41) is 17.9. The fourth-order valence-electron chi connectivity index (χ4n) is 5.71. The minimum atomic E-state index is -0.616. The summed E-state index contributed by atoms with van der Waals surface area (Å²) in [6, 6.07) is 14.1. The van der Waals surface area contributed by atoms with Crippen LogP contribution in [0.3, 0.4) is 0 Å². The third-order valence-electron chi connectivity index (χ3n) is 7.84. The van der Waals surface area contributed by atoms with E-state index in [2.05, 4.69) is 5.32 Å². The Kier molecular flexibility index (Phi) is 8.14. The lowest BCUT2D eigenvalue weighted by Gasteiger charge is -2.33. The minimum Gasteiger partial charge on any atom is -0.444 e. The molecule has 0 aliphatic carbocycles. The zero-order valence-corrected chi connectivity index (χ0v) is 25.7. The van der Waals surface area contributed by atoms with E-state index >= 15 is 0 Å². The van der Waals surface area contributed by atoms with Gasteiger partial charge in [-0.05, 0) is 81.5 Å². The Balaban J connectivity index is 1.32. The molecule has 0 bridgehead atoms. The second-order valence-corrected chi connectivity index (χ2v) is 13.3. The lowest BCUT2D eigenvalue weighted by molar-refractivity contribution is 0.0453. The molecule has 1 unspecified atom stereocenters. The zero-order valence-electron chi connectivity index (χ0n) is 24.9. The van der Waals surface area contributed by atoms with Crippen LogP contribution in [0.15, 0.2) is 48.7 Å². The third-order valence-corrected chi connectivity index (χ3v) is 9.01. The number of halogens is 1. The summed E-state index contributed by atoms with van der Waals surface area (Å²) in [6.45, 7) is 7.71. The summed E-state index contributed by atoms with van der Waals surface area (Å²) in [7, 11) is 0. The lowest BCUT2D eigenvalue weighted by atomic mass is 10.00. The van der Waals surface area contributed by atoms with E-state index in [0.29, 0.717) is 35.7 Å². The fraction of sp³-hybridized carbons (Fsp3) is 0.394. The van der Waals surface area contributed by atoms with E-state index in [1.54, 1.807) is 17.0 Å². The highest BCUT2D eigenvalue weighted by Crippen LogP contribution is 2.41. The normalized spacial score (nSPS) is 18.8. The number of carbonyl (C=O) groups excluding carboxylic acids is 2. The first-order valence-electron chi connectivity index (χ1n) is 14.8. The van der Waals surface area contributed by atoms with E-state index in [1.165, 1.54) is 23.5 Å². The van der Waals surface area contributed by atoms with Gasteiger partial charge in [0, 0.05) is 47.8 Å². The second-order valence-electron chi connectivity index (χ2n) is 12.3. The Morgan fingerprint density at radius 3 is 2.70 bits per heavy atom. The topological polar surface area (TPSA) is 109 Å². The summed E-state index contributed by atoms with van der Waals surface area (Å²) in [4.78, 5) is 29.3. The van der Waals surface area contributed by atoms with Gasteiger partial charge in [-0.1, -0.05) is 12.1 Å². The average Bonchev–Trinajstić information content (AvgIpc) is 3.75. The number of piperidine rings is 1. The van der Waals surface area contributed by atoms with Crippen molar-refractivity contribution >= 4 is 34.2 Å². The summed E-state index contributed by atoms with van der Waals surface area (Å²) in [6.07, 6.45) is 3.92. The molecule has 2 atom stereocenters. The van der Waals surface area contributed by atoms with Gasteiger partial charge in [0.05, 0.1) is 28.6 Å². The highest BCUT2D eigenvalue weighted by molar-refractivity contribution is 7.18. The number of ether oxygens (including phenoxy) is 2. The molecule has 2 saturated heterocycles. The number of amides is 2. The van der Waals surface area contributed by atoms with Crippen molar-refractivity contribution in [2.75, 3.05) is 26.3 Å². The maximum atomic E-state index is 14.8. The largest absolute Gasteiger partial charge is 0.444 e. The predicted molar refractivity (Wildman–Crippen MR) is 166 cm³/mol. The quantitative estimate of drug-likeness (QED) is 0.273. The van der Waals surface area contributed by atoms with Gasteiger partial charge in [0.2, 0.25) is 0 Å². The molecule has 0 radical (unpaired) electrons. The van der Waals surface area contributed by atoms with E-state index < -0.39 is 17.5 Å². The third kappa shape index (κ3) is 6.32. The maximum absolute atomic E-state index is 14.8. The van der Waals surface area contributed by atoms with E-state index in [0.717, 1.165) is 47.2 Å². The number of nitriles is 1. The van der Waals surface area contributed by atoms with Crippen LogP contribution in [0.1, 0.15) is 61.3 Å². The highest BCUT2D eigenvalue weighted by atomic mass is 32.1. The van der Waals surface area contributed by atoms with Crippen molar-refractivity contribution in [2.24, 2.45) is 0 Å². The Morgan fingerprint density at radius 2 is 1.98 bits per heavy atom. The number of benzene rings is 2. The smallest absolute Gasteiger partial charge is 0.407 e. The number of aromatic nitrogens is 2. The highest BCUT2D eigenvalue weighted by Gasteiger charge is 2.29. The van der Waals surface area contributed by atoms with Crippen molar-refractivity contribution in [3.05, 3.63) is 64.9 Å². The number of likely N-dealkylation sites (tertiary alicyclic amines) is 1. The molecule has 1 N–H and O–H groups in total. The van der Waals surface area contributed by atoms with Crippen molar-refractivity contribution in [2.45, 2.75) is 57.7 Å². The molecule has 4 heterocycles. The Hall–Kier alpha value is -4.27. The van der Waals surface area contributed by atoms with Gasteiger partial charge in [0.1, 0.15) is 17.5 Å². The van der Waals surface area contributed by atoms with Crippen molar-refractivity contribution in [1.82, 2.24) is 20.0 Å². The molecular formula is C33H34FN5O4S. The predicted octanol–water partition coefficient (Wildman–Crippen LogP) is 6.53. The number of rotatable bonds is 5. The number of carbonyl (C=O) groups is 2. The van der Waals surface area contributed by atoms with Crippen molar-refractivity contribution in [3.63, 3.8) is 0 Å². The van der Waals surface area contributed by atoms with Gasteiger partial charge < -0.3 is 19.7 Å². The van der Waals surface area contributed by atoms with E-state index in [4.69, 9.17) is 14.6 Å². The first kappa shape index (κ1) is 29.8. The molecule has 2 aliphatic heterocycles. The maximum Gasteiger partial charge on any atom is 0.407 e. The van der Waals surface area contributed by atoms with Crippen LogP contribution in [-0.2, 0) is 9.47 Å². The monoisotopic (exact) mass is 615 g/mol. The Morgan fingerprint density at radius 1 is 1.16 bits per heavy atom. The molecule has 2 fully saturated rings. The summed E-state index contributed by atoms with van der Waals surface area (Å²) >= 11 is 1.35. The number of nitrogens with one attached hydrogen (secondary N) is 1. The van der Waals surface area contributed by atoms with Gasteiger partial charge in [-0.25, -0.2) is 9.18 Å². The van der Waals surface area contributed by atoms with Crippen molar-refractivity contribution < 1.29 is 23.5 Å². The average molecular weight is 616 g/mol. The van der Waals surface area contributed by atoms with Crippen LogP contribution in [0.4, 0.5) is 9.18 Å². The molecule has 2 amide bonds. The molecule has 4 aromatic rings. The molecule has 44 heavy (non-hydrogen) atoms. The van der Waals surface area contributed by atoms with Crippen LogP contribution in [-0.4, -0.2) is 64.6 Å². The van der Waals surface area contributed by atoms with Crippen molar-refractivity contribution in [3.8, 4) is 27.6 Å². The van der Waals surface area contributed by atoms with Crippen LogP contribution >= 0.6 is 11.3 Å². The van der Waals surface area contributed by atoms with Crippen LogP contribution in [0.2, 0.25) is 0 Å². The van der Waals surface area contributed by atoms with Gasteiger partial charge in [0.15, 0.2) is 0 Å². The number of nitrogens with zero attached hydrogens (tertiary/aromatic N) is 4. The number of fused-ring (bicyclic) bond motifs is 1. The lowest BCUT2D eigenvalue weighted by Crippen LogP contribution is -2.50. The number of alkyl carbamates (subject to hydrolysis) is 1. The summed E-state index contributed by atoms with van der Waals surface area (Å²) in [5.41, 5.74) is 2.37. The number of thiophene rings is 1. The number of hydrogen-bond acceptors (Lipinski definition) is 7. The van der Waals surface area contributed by atoms with Gasteiger partial charge in [-0.3, -0.25) is 9.48 Å². The molecule has 2 aromatic carbocycles. The molecule has 9 nitrogen and oxygen atoms in total. The molecule has 0 saturated carbocycles. The van der Waals surface area contributed by atoms with Crippen LogP contribution in [0, 0.1) is 17.1 Å². The summed E-state index contributed by atoms with van der Waals surface area (Å²) in [5.74, 6) is -0.764. The molecule has 2 aromatic heterocycles. The van der Waals surface area contributed by atoms with Gasteiger partial charge in [0.25, 0.3) is 5.91 Å². The Bertz CT molecular complexity index is 1760. The van der Waals surface area contributed by atoms with Gasteiger partial charge >= 0.3 is 6.09 Å². The van der Waals surface area contributed by atoms with Crippen LogP contribution < -0.4 is 5.32 Å². The molecule has 6 rings (SSSR count). The molecule has 2 aliphatic rings. The second kappa shape index (κ2) is 12.0. The molecule has 228 valence electrons. The van der Waals surface area contributed by atoms with Crippen LogP contribution in [0.25, 0.3) is 32.5 Å². The zero-order chi connectivity index (χ0) is 31.0. The van der Waals surface area contributed by atoms with Crippen LogP contribution in [0.5, 0.6) is 0 Å². The first-order chi connectivity index (χ1) is 21.1.